The molecule has 2 saturated heterocycles. The Bertz CT molecular complexity index is 365. The summed E-state index contributed by atoms with van der Waals surface area (Å²) in [5.74, 6) is 3.52. The average Bonchev–Trinajstić information content (AvgIpc) is 2.83. The van der Waals surface area contributed by atoms with Crippen LogP contribution in [-0.2, 0) is 6.54 Å². The SMILES string of the molecule is Cc1nc(CN2C[C@H]3CNC[C@H]3C2)oc1C.Cl.Cl. The Balaban J connectivity index is 0.000000810. The molecule has 6 heteroatoms. The van der Waals surface area contributed by atoms with Gasteiger partial charge in [-0.25, -0.2) is 4.98 Å². The Kier molecular flexibility index (Phi) is 5.46. The summed E-state index contributed by atoms with van der Waals surface area (Å²) in [6, 6.07) is 0. The van der Waals surface area contributed by atoms with Gasteiger partial charge in [-0.2, -0.15) is 0 Å². The fourth-order valence-electron chi connectivity index (χ4n) is 2.88. The molecule has 104 valence electrons. The number of rotatable bonds is 2. The van der Waals surface area contributed by atoms with Crippen molar-refractivity contribution in [3.63, 3.8) is 0 Å². The van der Waals surface area contributed by atoms with E-state index in [-0.39, 0.29) is 24.8 Å². The third-order valence-electron chi connectivity index (χ3n) is 3.90. The summed E-state index contributed by atoms with van der Waals surface area (Å²) in [6.07, 6.45) is 0. The van der Waals surface area contributed by atoms with Crippen LogP contribution in [0, 0.1) is 25.7 Å². The fraction of sp³-hybridized carbons (Fsp3) is 0.750. The highest BCUT2D eigenvalue weighted by molar-refractivity contribution is 5.85. The Hall–Kier alpha value is -0.290. The van der Waals surface area contributed by atoms with Gasteiger partial charge in [-0.15, -0.1) is 24.8 Å². The first kappa shape index (κ1) is 15.8. The van der Waals surface area contributed by atoms with E-state index in [1.54, 1.807) is 0 Å². The maximum absolute atomic E-state index is 5.63. The summed E-state index contributed by atoms with van der Waals surface area (Å²) < 4.78 is 5.63. The predicted octanol–water partition coefficient (Wildman–Crippen LogP) is 1.79. The van der Waals surface area contributed by atoms with Gasteiger partial charge in [0.2, 0.25) is 5.89 Å². The second-order valence-electron chi connectivity index (χ2n) is 5.12. The number of fused-ring (bicyclic) bond motifs is 1. The zero-order chi connectivity index (χ0) is 11.1. The summed E-state index contributed by atoms with van der Waals surface area (Å²) in [6.45, 7) is 9.62. The molecule has 3 rings (SSSR count). The van der Waals surface area contributed by atoms with Crippen molar-refractivity contribution in [2.75, 3.05) is 26.2 Å². The van der Waals surface area contributed by atoms with Gasteiger partial charge >= 0.3 is 0 Å². The first-order valence-electron chi connectivity index (χ1n) is 6.08. The van der Waals surface area contributed by atoms with Gasteiger partial charge in [0.05, 0.1) is 12.2 Å². The van der Waals surface area contributed by atoms with Gasteiger partial charge in [-0.05, 0) is 38.8 Å². The maximum Gasteiger partial charge on any atom is 0.208 e. The van der Waals surface area contributed by atoms with Crippen molar-refractivity contribution >= 4 is 24.8 Å². The number of nitrogens with one attached hydrogen (secondary N) is 1. The van der Waals surface area contributed by atoms with Crippen LogP contribution in [0.1, 0.15) is 17.3 Å². The third-order valence-corrected chi connectivity index (χ3v) is 3.90. The molecule has 4 nitrogen and oxygen atoms in total. The van der Waals surface area contributed by atoms with E-state index in [9.17, 15) is 0 Å². The molecule has 1 aromatic rings. The first-order chi connectivity index (χ1) is 7.72. The summed E-state index contributed by atoms with van der Waals surface area (Å²) >= 11 is 0. The van der Waals surface area contributed by atoms with Crippen LogP contribution in [0.5, 0.6) is 0 Å². The molecule has 18 heavy (non-hydrogen) atoms. The molecule has 1 aromatic heterocycles. The molecule has 2 aliphatic heterocycles. The van der Waals surface area contributed by atoms with Crippen molar-refractivity contribution in [2.24, 2.45) is 11.8 Å². The van der Waals surface area contributed by atoms with Crippen LogP contribution in [0.2, 0.25) is 0 Å². The van der Waals surface area contributed by atoms with Crippen LogP contribution in [0.3, 0.4) is 0 Å². The van der Waals surface area contributed by atoms with Crippen LogP contribution < -0.4 is 5.32 Å². The monoisotopic (exact) mass is 293 g/mol. The van der Waals surface area contributed by atoms with Gasteiger partial charge in [-0.1, -0.05) is 0 Å². The lowest BCUT2D eigenvalue weighted by molar-refractivity contribution is 0.269. The number of hydrogen-bond donors (Lipinski definition) is 1. The molecule has 0 aliphatic carbocycles. The van der Waals surface area contributed by atoms with Gasteiger partial charge < -0.3 is 9.73 Å². The van der Waals surface area contributed by atoms with Crippen LogP contribution in [0.4, 0.5) is 0 Å². The third kappa shape index (κ3) is 2.99. The van der Waals surface area contributed by atoms with Crippen LogP contribution in [-0.4, -0.2) is 36.1 Å². The highest BCUT2D eigenvalue weighted by Gasteiger charge is 2.36. The van der Waals surface area contributed by atoms with E-state index in [0.717, 1.165) is 35.7 Å². The van der Waals surface area contributed by atoms with Gasteiger partial charge in [0.25, 0.3) is 0 Å². The first-order valence-corrected chi connectivity index (χ1v) is 6.08. The smallest absolute Gasteiger partial charge is 0.208 e. The number of aryl methyl sites for hydroxylation is 2. The van der Waals surface area contributed by atoms with E-state index in [0.29, 0.717) is 0 Å². The molecular weight excluding hydrogens is 273 g/mol. The van der Waals surface area contributed by atoms with E-state index >= 15 is 0 Å². The molecule has 2 fully saturated rings. The highest BCUT2D eigenvalue weighted by Crippen LogP contribution is 2.27. The normalized spacial score (nSPS) is 26.6. The van der Waals surface area contributed by atoms with Gasteiger partial charge in [0, 0.05) is 13.1 Å². The summed E-state index contributed by atoms with van der Waals surface area (Å²) in [5, 5.41) is 3.46. The predicted molar refractivity (Wildman–Crippen MR) is 75.6 cm³/mol. The van der Waals surface area contributed by atoms with Crippen LogP contribution in [0.15, 0.2) is 4.42 Å². The van der Waals surface area contributed by atoms with Crippen molar-refractivity contribution in [2.45, 2.75) is 20.4 Å². The zero-order valence-corrected chi connectivity index (χ0v) is 12.4. The van der Waals surface area contributed by atoms with Crippen molar-refractivity contribution < 1.29 is 4.42 Å². The number of hydrogen-bond acceptors (Lipinski definition) is 4. The largest absolute Gasteiger partial charge is 0.444 e. The molecule has 0 bridgehead atoms. The number of oxazole rings is 1. The molecule has 1 N–H and O–H groups in total. The van der Waals surface area contributed by atoms with Crippen molar-refractivity contribution in [3.8, 4) is 0 Å². The number of halogens is 2. The number of likely N-dealkylation sites (tertiary alicyclic amines) is 1. The zero-order valence-electron chi connectivity index (χ0n) is 10.8. The quantitative estimate of drug-likeness (QED) is 0.903. The Labute approximate surface area is 120 Å². The standard InChI is InChI=1S/C12H19N3O.2ClH/c1-8-9(2)16-12(14-8)7-15-5-10-3-13-4-11(10)6-15;;/h10-11,13H,3-7H2,1-2H3;2*1H/t10-,11+;;. The molecule has 2 atom stereocenters. The molecule has 0 amide bonds. The van der Waals surface area contributed by atoms with Crippen molar-refractivity contribution in [1.29, 1.82) is 0 Å². The lowest BCUT2D eigenvalue weighted by atomic mass is 10.0. The molecule has 3 heterocycles. The van der Waals surface area contributed by atoms with E-state index in [1.165, 1.54) is 26.2 Å². The molecule has 0 spiro atoms. The minimum Gasteiger partial charge on any atom is -0.444 e. The van der Waals surface area contributed by atoms with Crippen molar-refractivity contribution in [3.05, 3.63) is 17.3 Å². The van der Waals surface area contributed by atoms with Gasteiger partial charge in [-0.3, -0.25) is 4.90 Å². The number of nitrogens with zero attached hydrogens (tertiary/aromatic N) is 2. The minimum absolute atomic E-state index is 0. The second-order valence-corrected chi connectivity index (χ2v) is 5.12. The minimum atomic E-state index is 0. The van der Waals surface area contributed by atoms with Crippen LogP contribution in [0.25, 0.3) is 0 Å². The fourth-order valence-corrected chi connectivity index (χ4v) is 2.88. The Morgan fingerprint density at radius 2 is 1.83 bits per heavy atom. The highest BCUT2D eigenvalue weighted by atomic mass is 35.5. The summed E-state index contributed by atoms with van der Waals surface area (Å²) in [7, 11) is 0. The molecule has 0 unspecified atom stereocenters. The maximum atomic E-state index is 5.63. The lowest BCUT2D eigenvalue weighted by Gasteiger charge is -2.14. The Morgan fingerprint density at radius 1 is 1.22 bits per heavy atom. The van der Waals surface area contributed by atoms with Gasteiger partial charge in [0.15, 0.2) is 0 Å². The van der Waals surface area contributed by atoms with Gasteiger partial charge in [0.1, 0.15) is 5.76 Å². The van der Waals surface area contributed by atoms with Crippen LogP contribution >= 0.6 is 24.8 Å². The molecule has 0 aromatic carbocycles. The molecule has 2 aliphatic rings. The molecule has 0 radical (unpaired) electrons. The van der Waals surface area contributed by atoms with Crippen molar-refractivity contribution in [1.82, 2.24) is 15.2 Å². The summed E-state index contributed by atoms with van der Waals surface area (Å²) in [4.78, 5) is 6.92. The Morgan fingerprint density at radius 3 is 2.33 bits per heavy atom. The number of aromatic nitrogens is 1. The second kappa shape index (κ2) is 6.24. The summed E-state index contributed by atoms with van der Waals surface area (Å²) in [5.41, 5.74) is 1.02. The average molecular weight is 294 g/mol. The molecular formula is C12H21Cl2N3O. The van der Waals surface area contributed by atoms with E-state index < -0.39 is 0 Å². The van der Waals surface area contributed by atoms with E-state index in [1.807, 2.05) is 13.8 Å². The topological polar surface area (TPSA) is 41.3 Å². The molecule has 0 saturated carbocycles. The lowest BCUT2D eigenvalue weighted by Crippen LogP contribution is -2.25. The van der Waals surface area contributed by atoms with E-state index in [2.05, 4.69) is 15.2 Å². The van der Waals surface area contributed by atoms with E-state index in [4.69, 9.17) is 4.42 Å².